The lowest BCUT2D eigenvalue weighted by molar-refractivity contribution is 0.0925. The summed E-state index contributed by atoms with van der Waals surface area (Å²) in [5.74, 6) is 1.27. The minimum Gasteiger partial charge on any atom is -0.472 e. The van der Waals surface area contributed by atoms with E-state index < -0.39 is 5.56 Å². The summed E-state index contributed by atoms with van der Waals surface area (Å²) in [7, 11) is 0. The smallest absolute Gasteiger partial charge is 0.285 e. The molecule has 1 saturated carbocycles. The fraction of sp³-hybridized carbons (Fsp3) is 0.571. The molecule has 5 rings (SSSR count). The maximum atomic E-state index is 12.6. The van der Waals surface area contributed by atoms with Gasteiger partial charge in [0.05, 0.1) is 12.5 Å². The Labute approximate surface area is 163 Å². The second kappa shape index (κ2) is 7.20. The van der Waals surface area contributed by atoms with Gasteiger partial charge in [-0.2, -0.15) is 4.98 Å². The standard InChI is InChI=1S/C21H26N4O3/c26-20(22-16-4-2-1-3-5-16)18-12-25-10-15-9-24(8-14-6-7-28-13-14)11-17(15)19(25)23-21(18)27/h6-7,12-13,15-17H,1-5,8-11H2,(H,22,26). The number of furan rings is 1. The van der Waals surface area contributed by atoms with Crippen LogP contribution in [-0.4, -0.2) is 39.5 Å². The minimum atomic E-state index is -0.395. The first-order valence-electron chi connectivity index (χ1n) is 10.3. The van der Waals surface area contributed by atoms with Gasteiger partial charge in [-0.3, -0.25) is 14.5 Å². The summed E-state index contributed by atoms with van der Waals surface area (Å²) < 4.78 is 7.19. The molecule has 1 aliphatic carbocycles. The molecule has 2 unspecified atom stereocenters. The molecule has 0 aromatic carbocycles. The second-order valence-corrected chi connectivity index (χ2v) is 8.47. The molecule has 0 bridgehead atoms. The molecule has 0 radical (unpaired) electrons. The van der Waals surface area contributed by atoms with E-state index in [1.807, 2.05) is 10.6 Å². The topological polar surface area (TPSA) is 80.4 Å². The number of likely N-dealkylation sites (tertiary alicyclic amines) is 1. The molecule has 2 aliphatic heterocycles. The zero-order chi connectivity index (χ0) is 19.1. The van der Waals surface area contributed by atoms with Crippen molar-refractivity contribution >= 4 is 5.91 Å². The van der Waals surface area contributed by atoms with E-state index in [9.17, 15) is 9.59 Å². The number of carbonyl (C=O) groups excluding carboxylic acids is 1. The molecule has 1 saturated heterocycles. The van der Waals surface area contributed by atoms with Gasteiger partial charge in [-0.05, 0) is 18.9 Å². The summed E-state index contributed by atoms with van der Waals surface area (Å²) in [4.78, 5) is 31.9. The van der Waals surface area contributed by atoms with Gasteiger partial charge in [0.15, 0.2) is 0 Å². The summed E-state index contributed by atoms with van der Waals surface area (Å²) in [5.41, 5.74) is 0.957. The summed E-state index contributed by atoms with van der Waals surface area (Å²) in [6.45, 7) is 3.53. The number of aromatic nitrogens is 2. The molecule has 148 valence electrons. The number of amides is 1. The lowest BCUT2D eigenvalue weighted by Gasteiger charge is -2.22. The number of hydrogen-bond donors (Lipinski definition) is 1. The second-order valence-electron chi connectivity index (χ2n) is 8.47. The molecule has 3 aliphatic rings. The average molecular weight is 382 g/mol. The molecule has 2 aromatic heterocycles. The Balaban J connectivity index is 1.30. The van der Waals surface area contributed by atoms with Crippen molar-refractivity contribution in [2.45, 2.75) is 57.2 Å². The number of fused-ring (bicyclic) bond motifs is 3. The molecule has 2 fully saturated rings. The van der Waals surface area contributed by atoms with Gasteiger partial charge < -0.3 is 14.3 Å². The Kier molecular flexibility index (Phi) is 4.55. The van der Waals surface area contributed by atoms with Crippen LogP contribution in [0.3, 0.4) is 0 Å². The van der Waals surface area contributed by atoms with Gasteiger partial charge in [-0.25, -0.2) is 0 Å². The maximum Gasteiger partial charge on any atom is 0.285 e. The number of hydrogen-bond acceptors (Lipinski definition) is 5. The molecule has 2 aromatic rings. The molecule has 28 heavy (non-hydrogen) atoms. The van der Waals surface area contributed by atoms with Gasteiger partial charge in [-0.15, -0.1) is 0 Å². The van der Waals surface area contributed by atoms with Gasteiger partial charge in [0.25, 0.3) is 11.5 Å². The molecule has 1 amide bonds. The third-order valence-corrected chi connectivity index (χ3v) is 6.48. The van der Waals surface area contributed by atoms with Gasteiger partial charge >= 0.3 is 0 Å². The van der Waals surface area contributed by atoms with Crippen molar-refractivity contribution in [3.8, 4) is 0 Å². The highest BCUT2D eigenvalue weighted by Gasteiger charge is 2.41. The van der Waals surface area contributed by atoms with E-state index in [0.29, 0.717) is 5.92 Å². The third kappa shape index (κ3) is 3.28. The fourth-order valence-electron chi connectivity index (χ4n) is 5.07. The first kappa shape index (κ1) is 17.7. The fourth-order valence-corrected chi connectivity index (χ4v) is 5.07. The SMILES string of the molecule is O=C(NC1CCCCC1)c1cn2c(nc1=O)C1CN(Cc3ccoc3)CC1C2. The summed E-state index contributed by atoms with van der Waals surface area (Å²) in [6.07, 6.45) is 10.7. The molecular weight excluding hydrogens is 356 g/mol. The van der Waals surface area contributed by atoms with E-state index in [1.165, 1.54) is 12.0 Å². The highest BCUT2D eigenvalue weighted by Crippen LogP contribution is 2.38. The Morgan fingerprint density at radius 2 is 2.07 bits per heavy atom. The molecule has 0 spiro atoms. The molecule has 7 nitrogen and oxygen atoms in total. The Bertz CT molecular complexity index is 914. The van der Waals surface area contributed by atoms with Crippen LogP contribution in [0.1, 0.15) is 59.8 Å². The number of carbonyl (C=O) groups is 1. The zero-order valence-corrected chi connectivity index (χ0v) is 16.0. The van der Waals surface area contributed by atoms with E-state index in [-0.39, 0.29) is 23.4 Å². The Hall–Kier alpha value is -2.41. The van der Waals surface area contributed by atoms with Crippen molar-refractivity contribution < 1.29 is 9.21 Å². The van der Waals surface area contributed by atoms with Crippen molar-refractivity contribution in [2.75, 3.05) is 13.1 Å². The van der Waals surface area contributed by atoms with Crippen LogP contribution in [0, 0.1) is 5.92 Å². The van der Waals surface area contributed by atoms with Gasteiger partial charge in [0, 0.05) is 55.8 Å². The molecular formula is C21H26N4O3. The lowest BCUT2D eigenvalue weighted by Crippen LogP contribution is -2.39. The number of nitrogens with one attached hydrogen (secondary N) is 1. The van der Waals surface area contributed by atoms with E-state index in [4.69, 9.17) is 4.42 Å². The zero-order valence-electron chi connectivity index (χ0n) is 16.0. The van der Waals surface area contributed by atoms with E-state index >= 15 is 0 Å². The van der Waals surface area contributed by atoms with Gasteiger partial charge in [0.2, 0.25) is 0 Å². The van der Waals surface area contributed by atoms with Crippen LogP contribution in [0.15, 0.2) is 34.0 Å². The first-order valence-corrected chi connectivity index (χ1v) is 10.3. The summed E-state index contributed by atoms with van der Waals surface area (Å²) >= 11 is 0. The van der Waals surface area contributed by atoms with Gasteiger partial charge in [-0.1, -0.05) is 19.3 Å². The monoisotopic (exact) mass is 382 g/mol. The number of rotatable bonds is 4. The summed E-state index contributed by atoms with van der Waals surface area (Å²) in [5, 5.41) is 3.04. The van der Waals surface area contributed by atoms with Crippen molar-refractivity contribution in [2.24, 2.45) is 5.92 Å². The van der Waals surface area contributed by atoms with Crippen molar-refractivity contribution in [1.29, 1.82) is 0 Å². The van der Waals surface area contributed by atoms with E-state index in [2.05, 4.69) is 15.2 Å². The van der Waals surface area contributed by atoms with E-state index in [0.717, 1.165) is 57.7 Å². The van der Waals surface area contributed by atoms with Crippen LogP contribution < -0.4 is 10.9 Å². The molecule has 4 heterocycles. The molecule has 2 atom stereocenters. The highest BCUT2D eigenvalue weighted by molar-refractivity contribution is 5.93. The average Bonchev–Trinajstić information content (AvgIpc) is 3.39. The first-order chi connectivity index (χ1) is 13.7. The third-order valence-electron chi connectivity index (χ3n) is 6.48. The van der Waals surface area contributed by atoms with Crippen LogP contribution in [-0.2, 0) is 13.1 Å². The summed E-state index contributed by atoms with van der Waals surface area (Å²) in [6, 6.07) is 2.18. The van der Waals surface area contributed by atoms with Crippen LogP contribution in [0.25, 0.3) is 0 Å². The van der Waals surface area contributed by atoms with Crippen LogP contribution in [0.4, 0.5) is 0 Å². The van der Waals surface area contributed by atoms with Crippen LogP contribution in [0.2, 0.25) is 0 Å². The van der Waals surface area contributed by atoms with E-state index in [1.54, 1.807) is 18.7 Å². The van der Waals surface area contributed by atoms with Crippen molar-refractivity contribution in [1.82, 2.24) is 19.8 Å². The van der Waals surface area contributed by atoms with Crippen LogP contribution in [0.5, 0.6) is 0 Å². The normalized spacial score (nSPS) is 24.9. The number of nitrogens with zero attached hydrogens (tertiary/aromatic N) is 3. The largest absolute Gasteiger partial charge is 0.472 e. The molecule has 7 heteroatoms. The van der Waals surface area contributed by atoms with Crippen molar-refractivity contribution in [3.63, 3.8) is 0 Å². The Morgan fingerprint density at radius 3 is 2.86 bits per heavy atom. The predicted molar refractivity (Wildman–Crippen MR) is 103 cm³/mol. The van der Waals surface area contributed by atoms with Crippen LogP contribution >= 0.6 is 0 Å². The maximum absolute atomic E-state index is 12.6. The Morgan fingerprint density at radius 1 is 1.21 bits per heavy atom. The highest BCUT2D eigenvalue weighted by atomic mass is 16.3. The van der Waals surface area contributed by atoms with Crippen molar-refractivity contribution in [3.05, 3.63) is 52.1 Å². The molecule has 1 N–H and O–H groups in total. The lowest BCUT2D eigenvalue weighted by atomic mass is 9.95. The quantitative estimate of drug-likeness (QED) is 0.876. The predicted octanol–water partition coefficient (Wildman–Crippen LogP) is 2.13. The minimum absolute atomic E-state index is 0.185. The van der Waals surface area contributed by atoms with Gasteiger partial charge in [0.1, 0.15) is 11.4 Å².